The van der Waals surface area contributed by atoms with E-state index in [1.807, 2.05) is 29.6 Å². The van der Waals surface area contributed by atoms with Gasteiger partial charge in [0.2, 0.25) is 10.0 Å². The van der Waals surface area contributed by atoms with Crippen LogP contribution in [0, 0.1) is 0 Å². The summed E-state index contributed by atoms with van der Waals surface area (Å²) >= 11 is 1.63. The fourth-order valence-corrected chi connectivity index (χ4v) is 5.43. The van der Waals surface area contributed by atoms with Gasteiger partial charge in [-0.3, -0.25) is 4.79 Å². The van der Waals surface area contributed by atoms with Crippen LogP contribution in [0.15, 0.2) is 70.3 Å². The predicted octanol–water partition coefficient (Wildman–Crippen LogP) is 3.37. The normalized spacial score (nSPS) is 15.1. The van der Waals surface area contributed by atoms with Crippen LogP contribution in [0.5, 0.6) is 0 Å². The lowest BCUT2D eigenvalue weighted by Gasteiger charge is -2.26. The number of thiophene rings is 1. The molecule has 1 fully saturated rings. The summed E-state index contributed by atoms with van der Waals surface area (Å²) in [5.41, 5.74) is 3.66. The van der Waals surface area contributed by atoms with Crippen molar-refractivity contribution in [3.8, 4) is 11.1 Å². The van der Waals surface area contributed by atoms with E-state index >= 15 is 0 Å². The third-order valence-corrected chi connectivity index (χ3v) is 7.61. The highest BCUT2D eigenvalue weighted by atomic mass is 32.2. The molecule has 1 amide bonds. The standard InChI is InChI=1S/C22H22N2O4S2/c25-22(23-15-18-3-1-2-4-21(18)19-9-14-29-16-19)17-5-7-20(8-6-17)30(26,27)24-10-12-28-13-11-24/h1-9,14,16H,10-13,15H2,(H,23,25). The molecule has 1 aromatic heterocycles. The van der Waals surface area contributed by atoms with Crippen molar-refractivity contribution in [3.63, 3.8) is 0 Å². The summed E-state index contributed by atoms with van der Waals surface area (Å²) in [7, 11) is -3.57. The minimum absolute atomic E-state index is 0.184. The summed E-state index contributed by atoms with van der Waals surface area (Å²) in [4.78, 5) is 12.8. The van der Waals surface area contributed by atoms with Gasteiger partial charge < -0.3 is 10.1 Å². The molecular formula is C22H22N2O4S2. The van der Waals surface area contributed by atoms with Crippen LogP contribution >= 0.6 is 11.3 Å². The van der Waals surface area contributed by atoms with Crippen molar-refractivity contribution in [2.45, 2.75) is 11.4 Å². The van der Waals surface area contributed by atoms with E-state index in [1.165, 1.54) is 16.4 Å². The number of hydrogen-bond donors (Lipinski definition) is 1. The van der Waals surface area contributed by atoms with Crippen LogP contribution in [0.2, 0.25) is 0 Å². The van der Waals surface area contributed by atoms with E-state index in [-0.39, 0.29) is 10.8 Å². The van der Waals surface area contributed by atoms with Gasteiger partial charge in [0.25, 0.3) is 5.91 Å². The number of rotatable bonds is 6. The minimum Gasteiger partial charge on any atom is -0.379 e. The maximum absolute atomic E-state index is 12.7. The van der Waals surface area contributed by atoms with Gasteiger partial charge in [-0.15, -0.1) is 0 Å². The van der Waals surface area contributed by atoms with Gasteiger partial charge in [-0.2, -0.15) is 15.6 Å². The molecule has 0 atom stereocenters. The number of nitrogens with one attached hydrogen (secondary N) is 1. The molecule has 1 aliphatic rings. The van der Waals surface area contributed by atoms with Crippen molar-refractivity contribution in [2.24, 2.45) is 0 Å². The Bertz CT molecular complexity index is 1100. The smallest absolute Gasteiger partial charge is 0.251 e. The van der Waals surface area contributed by atoms with Gasteiger partial charge >= 0.3 is 0 Å². The first-order chi connectivity index (χ1) is 14.6. The third kappa shape index (κ3) is 4.46. The van der Waals surface area contributed by atoms with Gasteiger partial charge in [0.1, 0.15) is 0 Å². The molecule has 3 aromatic rings. The van der Waals surface area contributed by atoms with E-state index in [0.29, 0.717) is 38.4 Å². The Morgan fingerprint density at radius 3 is 2.47 bits per heavy atom. The topological polar surface area (TPSA) is 75.7 Å². The Labute approximate surface area is 180 Å². The zero-order valence-corrected chi connectivity index (χ0v) is 17.9. The Hall–Kier alpha value is -2.52. The quantitative estimate of drug-likeness (QED) is 0.635. The SMILES string of the molecule is O=C(NCc1ccccc1-c1ccsc1)c1ccc(S(=O)(=O)N2CCOCC2)cc1. The van der Waals surface area contributed by atoms with E-state index < -0.39 is 10.0 Å². The molecule has 0 radical (unpaired) electrons. The molecule has 1 saturated heterocycles. The highest BCUT2D eigenvalue weighted by Crippen LogP contribution is 2.26. The summed E-state index contributed by atoms with van der Waals surface area (Å²) < 4.78 is 32.0. The molecule has 0 aliphatic carbocycles. The van der Waals surface area contributed by atoms with Gasteiger partial charge in [0.05, 0.1) is 18.1 Å². The fraction of sp³-hybridized carbons (Fsp3) is 0.227. The van der Waals surface area contributed by atoms with E-state index in [1.54, 1.807) is 23.5 Å². The first kappa shape index (κ1) is 20.7. The van der Waals surface area contributed by atoms with Crippen LogP contribution < -0.4 is 5.32 Å². The molecule has 1 N–H and O–H groups in total. The van der Waals surface area contributed by atoms with Crippen molar-refractivity contribution in [1.29, 1.82) is 0 Å². The minimum atomic E-state index is -3.57. The molecule has 0 bridgehead atoms. The molecule has 0 unspecified atom stereocenters. The molecule has 30 heavy (non-hydrogen) atoms. The maximum Gasteiger partial charge on any atom is 0.251 e. The van der Waals surface area contributed by atoms with Crippen molar-refractivity contribution >= 4 is 27.3 Å². The van der Waals surface area contributed by atoms with Gasteiger partial charge in [-0.1, -0.05) is 24.3 Å². The number of sulfonamides is 1. The van der Waals surface area contributed by atoms with E-state index in [0.717, 1.165) is 16.7 Å². The molecule has 6 nitrogen and oxygen atoms in total. The fourth-order valence-electron chi connectivity index (χ4n) is 3.37. The third-order valence-electron chi connectivity index (χ3n) is 5.01. The number of ether oxygens (including phenoxy) is 1. The Kier molecular flexibility index (Phi) is 6.29. The van der Waals surface area contributed by atoms with Crippen LogP contribution in [-0.2, 0) is 21.3 Å². The first-order valence-electron chi connectivity index (χ1n) is 9.62. The Morgan fingerprint density at radius 2 is 1.77 bits per heavy atom. The second-order valence-corrected chi connectivity index (χ2v) is 9.61. The lowest BCUT2D eigenvalue weighted by molar-refractivity contribution is 0.0730. The van der Waals surface area contributed by atoms with E-state index in [9.17, 15) is 13.2 Å². The van der Waals surface area contributed by atoms with Gasteiger partial charge in [0.15, 0.2) is 0 Å². The van der Waals surface area contributed by atoms with Crippen molar-refractivity contribution in [2.75, 3.05) is 26.3 Å². The molecule has 0 spiro atoms. The number of benzene rings is 2. The maximum atomic E-state index is 12.7. The second-order valence-electron chi connectivity index (χ2n) is 6.89. The highest BCUT2D eigenvalue weighted by molar-refractivity contribution is 7.89. The number of hydrogen-bond acceptors (Lipinski definition) is 5. The van der Waals surface area contributed by atoms with Gasteiger partial charge in [-0.05, 0) is 57.8 Å². The van der Waals surface area contributed by atoms with Crippen LogP contribution in [0.1, 0.15) is 15.9 Å². The number of carbonyl (C=O) groups is 1. The van der Waals surface area contributed by atoms with Crippen LogP contribution in [0.4, 0.5) is 0 Å². The van der Waals surface area contributed by atoms with Gasteiger partial charge in [0, 0.05) is 25.2 Å². The Balaban J connectivity index is 1.44. The average molecular weight is 443 g/mol. The highest BCUT2D eigenvalue weighted by Gasteiger charge is 2.26. The van der Waals surface area contributed by atoms with Crippen LogP contribution in [0.25, 0.3) is 11.1 Å². The zero-order chi connectivity index (χ0) is 21.0. The molecule has 156 valence electrons. The van der Waals surface area contributed by atoms with Crippen molar-refractivity contribution in [3.05, 3.63) is 76.5 Å². The number of carbonyl (C=O) groups excluding carboxylic acids is 1. The zero-order valence-electron chi connectivity index (χ0n) is 16.3. The van der Waals surface area contributed by atoms with Crippen LogP contribution in [-0.4, -0.2) is 44.9 Å². The molecule has 4 rings (SSSR count). The molecule has 2 heterocycles. The van der Waals surface area contributed by atoms with Crippen molar-refractivity contribution < 1.29 is 17.9 Å². The van der Waals surface area contributed by atoms with Crippen LogP contribution in [0.3, 0.4) is 0 Å². The van der Waals surface area contributed by atoms with Crippen molar-refractivity contribution in [1.82, 2.24) is 9.62 Å². The average Bonchev–Trinajstić information content (AvgIpc) is 3.33. The van der Waals surface area contributed by atoms with E-state index in [4.69, 9.17) is 4.74 Å². The lowest BCUT2D eigenvalue weighted by atomic mass is 10.0. The number of morpholine rings is 1. The molecule has 2 aromatic carbocycles. The molecular weight excluding hydrogens is 420 g/mol. The lowest BCUT2D eigenvalue weighted by Crippen LogP contribution is -2.40. The number of amides is 1. The predicted molar refractivity (Wildman–Crippen MR) is 117 cm³/mol. The summed E-state index contributed by atoms with van der Waals surface area (Å²) in [6.07, 6.45) is 0. The molecule has 0 saturated carbocycles. The molecule has 1 aliphatic heterocycles. The monoisotopic (exact) mass is 442 g/mol. The summed E-state index contributed by atoms with van der Waals surface area (Å²) in [6, 6.07) is 16.1. The summed E-state index contributed by atoms with van der Waals surface area (Å²) in [6.45, 7) is 1.86. The molecule has 8 heteroatoms. The summed E-state index contributed by atoms with van der Waals surface area (Å²) in [5.74, 6) is -0.245. The largest absolute Gasteiger partial charge is 0.379 e. The first-order valence-corrected chi connectivity index (χ1v) is 12.0. The number of nitrogens with zero attached hydrogens (tertiary/aromatic N) is 1. The Morgan fingerprint density at radius 1 is 1.03 bits per heavy atom. The summed E-state index contributed by atoms with van der Waals surface area (Å²) in [5, 5.41) is 7.03. The van der Waals surface area contributed by atoms with Gasteiger partial charge in [-0.25, -0.2) is 8.42 Å². The van der Waals surface area contributed by atoms with E-state index in [2.05, 4.69) is 16.8 Å². The second kappa shape index (κ2) is 9.09.